The fourth-order valence-electron chi connectivity index (χ4n) is 9.80. The summed E-state index contributed by atoms with van der Waals surface area (Å²) in [6, 6.07) is 76.2. The Balaban J connectivity index is 0.000000124. The second kappa shape index (κ2) is 20.8. The van der Waals surface area contributed by atoms with Crippen LogP contribution in [0.15, 0.2) is 248 Å². The summed E-state index contributed by atoms with van der Waals surface area (Å²) < 4.78 is 13.3. The van der Waals surface area contributed by atoms with Gasteiger partial charge < -0.3 is 9.31 Å². The first kappa shape index (κ1) is 48.1. The summed E-state index contributed by atoms with van der Waals surface area (Å²) in [5, 5.41) is 10.1. The summed E-state index contributed by atoms with van der Waals surface area (Å²) >= 11 is 3.79. The van der Waals surface area contributed by atoms with Gasteiger partial charge in [-0.25, -0.2) is 19.9 Å². The molecule has 8 heteroatoms. The molecule has 0 spiro atoms. The van der Waals surface area contributed by atoms with E-state index >= 15 is 0 Å². The SMILES string of the molecule is Brc1c2ccccc2c(-c2ccccc2)c2ccccc12.CC1(C)OB(c2ccc(-c3ncccn3)cc2)OC1(C)C.c1ccc(-c2c3ccccc3c(-c3ccc(-c4ncccn4)cc3)c3ccccc23)cc1. The molecule has 10 aromatic carbocycles. The molecule has 13 rings (SSSR count). The fraction of sp³-hybridized carbons (Fsp3) is 0.0909. The Bertz CT molecular complexity index is 3770. The first-order valence-electron chi connectivity index (χ1n) is 24.9. The van der Waals surface area contributed by atoms with Gasteiger partial charge in [0.05, 0.1) is 11.2 Å². The van der Waals surface area contributed by atoms with Crippen molar-refractivity contribution in [1.82, 2.24) is 19.9 Å². The summed E-state index contributed by atoms with van der Waals surface area (Å²) in [6.45, 7) is 8.22. The Morgan fingerprint density at radius 2 is 0.581 bits per heavy atom. The van der Waals surface area contributed by atoms with Crippen LogP contribution in [0.2, 0.25) is 0 Å². The standard InChI is InChI=1S/C30H20N2.C20H13Br.C16H19BN2O2/c1-2-9-21(10-3-1)28-24-11-4-6-13-26(24)29(27-14-7-5-12-25(27)28)22-15-17-23(18-16-22)30-31-19-8-20-32-30;21-20-17-12-6-4-10-15(17)19(14-8-2-1-3-9-14)16-11-5-7-13-18(16)20;1-15(2)16(3,4)21-17(20-15)13-8-6-12(7-9-13)14-18-10-5-11-19-14/h1-20H;1-13H;5-11H,1-4H3. The fourth-order valence-corrected chi connectivity index (χ4v) is 10.5. The zero-order chi connectivity index (χ0) is 50.7. The lowest BCUT2D eigenvalue weighted by molar-refractivity contribution is 0.00578. The number of nitrogens with zero attached hydrogens (tertiary/aromatic N) is 4. The molecule has 6 nitrogen and oxygen atoms in total. The van der Waals surface area contributed by atoms with Gasteiger partial charge in [-0.1, -0.05) is 206 Å². The van der Waals surface area contributed by atoms with Crippen LogP contribution < -0.4 is 5.46 Å². The van der Waals surface area contributed by atoms with Crippen LogP contribution in [-0.2, 0) is 9.31 Å². The van der Waals surface area contributed by atoms with Gasteiger partial charge in [-0.2, -0.15) is 0 Å². The van der Waals surface area contributed by atoms with Gasteiger partial charge in [-0.15, -0.1) is 0 Å². The lowest BCUT2D eigenvalue weighted by atomic mass is 9.79. The van der Waals surface area contributed by atoms with Gasteiger partial charge in [-0.05, 0) is 138 Å². The minimum atomic E-state index is -0.333. The van der Waals surface area contributed by atoms with E-state index in [4.69, 9.17) is 9.31 Å². The topological polar surface area (TPSA) is 70.0 Å². The number of hydrogen-bond donors (Lipinski definition) is 0. The molecule has 74 heavy (non-hydrogen) atoms. The van der Waals surface area contributed by atoms with Gasteiger partial charge >= 0.3 is 7.12 Å². The maximum absolute atomic E-state index is 6.04. The third-order valence-corrected chi connectivity index (χ3v) is 15.0. The molecule has 0 radical (unpaired) electrons. The largest absolute Gasteiger partial charge is 0.494 e. The van der Waals surface area contributed by atoms with Crippen molar-refractivity contribution >= 4 is 71.6 Å². The maximum Gasteiger partial charge on any atom is 0.494 e. The summed E-state index contributed by atoms with van der Waals surface area (Å²) in [4.78, 5) is 17.3. The zero-order valence-corrected chi connectivity index (χ0v) is 43.2. The van der Waals surface area contributed by atoms with Gasteiger partial charge in [0, 0.05) is 40.4 Å². The number of fused-ring (bicyclic) bond motifs is 4. The van der Waals surface area contributed by atoms with E-state index in [1.165, 1.54) is 80.9 Å². The Morgan fingerprint density at radius 3 is 0.932 bits per heavy atom. The molecule has 358 valence electrons. The van der Waals surface area contributed by atoms with Crippen molar-refractivity contribution in [3.8, 4) is 56.2 Å². The molecule has 0 saturated carbocycles. The molecule has 12 aromatic rings. The van der Waals surface area contributed by atoms with Crippen molar-refractivity contribution in [3.63, 3.8) is 0 Å². The smallest absolute Gasteiger partial charge is 0.399 e. The Hall–Kier alpha value is -8.14. The van der Waals surface area contributed by atoms with Crippen LogP contribution in [0, 0.1) is 0 Å². The predicted molar refractivity (Wildman–Crippen MR) is 311 cm³/mol. The summed E-state index contributed by atoms with van der Waals surface area (Å²) in [6.07, 6.45) is 7.04. The molecule has 0 aliphatic carbocycles. The third-order valence-electron chi connectivity index (χ3n) is 14.2. The van der Waals surface area contributed by atoms with Gasteiger partial charge in [-0.3, -0.25) is 0 Å². The molecule has 1 aliphatic rings. The molecule has 0 N–H and O–H groups in total. The van der Waals surface area contributed by atoms with Gasteiger partial charge in [0.15, 0.2) is 11.6 Å². The van der Waals surface area contributed by atoms with Crippen LogP contribution in [0.4, 0.5) is 0 Å². The van der Waals surface area contributed by atoms with Crippen molar-refractivity contribution in [2.24, 2.45) is 0 Å². The van der Waals surface area contributed by atoms with E-state index in [0.717, 1.165) is 28.2 Å². The highest BCUT2D eigenvalue weighted by Gasteiger charge is 2.51. The highest BCUT2D eigenvalue weighted by Crippen LogP contribution is 2.45. The molecule has 0 bridgehead atoms. The Kier molecular flexibility index (Phi) is 13.5. The summed E-state index contributed by atoms with van der Waals surface area (Å²) in [7, 11) is -0.333. The van der Waals surface area contributed by atoms with E-state index < -0.39 is 0 Å². The molecule has 0 amide bonds. The molecule has 1 saturated heterocycles. The van der Waals surface area contributed by atoms with Crippen LogP contribution in [0.1, 0.15) is 27.7 Å². The zero-order valence-electron chi connectivity index (χ0n) is 41.7. The summed E-state index contributed by atoms with van der Waals surface area (Å²) in [5.74, 6) is 1.46. The number of halogens is 1. The van der Waals surface area contributed by atoms with E-state index in [2.05, 4.69) is 246 Å². The lowest BCUT2D eigenvalue weighted by Gasteiger charge is -2.32. The predicted octanol–water partition coefficient (Wildman–Crippen LogP) is 16.6. The average Bonchev–Trinajstić information content (AvgIpc) is 3.69. The first-order valence-corrected chi connectivity index (χ1v) is 25.7. The van der Waals surface area contributed by atoms with E-state index in [-0.39, 0.29) is 18.3 Å². The van der Waals surface area contributed by atoms with E-state index in [1.54, 1.807) is 24.8 Å². The average molecular weight is 1020 g/mol. The van der Waals surface area contributed by atoms with Gasteiger partial charge in [0.25, 0.3) is 0 Å². The third kappa shape index (κ3) is 9.52. The highest BCUT2D eigenvalue weighted by atomic mass is 79.9. The minimum absolute atomic E-state index is 0.321. The molecule has 2 aromatic heterocycles. The van der Waals surface area contributed by atoms with Gasteiger partial charge in [0.1, 0.15) is 0 Å². The van der Waals surface area contributed by atoms with Crippen LogP contribution in [0.25, 0.3) is 99.2 Å². The molecule has 3 heterocycles. The van der Waals surface area contributed by atoms with Crippen molar-refractivity contribution < 1.29 is 9.31 Å². The number of hydrogen-bond acceptors (Lipinski definition) is 6. The van der Waals surface area contributed by atoms with Crippen molar-refractivity contribution in [1.29, 1.82) is 0 Å². The van der Waals surface area contributed by atoms with E-state index in [0.29, 0.717) is 0 Å². The maximum atomic E-state index is 6.04. The highest BCUT2D eigenvalue weighted by molar-refractivity contribution is 9.10. The summed E-state index contributed by atoms with van der Waals surface area (Å²) in [5.41, 5.74) is 9.92. The van der Waals surface area contributed by atoms with Crippen LogP contribution >= 0.6 is 15.9 Å². The van der Waals surface area contributed by atoms with Crippen LogP contribution in [0.3, 0.4) is 0 Å². The second-order valence-corrected chi connectivity index (χ2v) is 20.1. The first-order chi connectivity index (χ1) is 36.1. The number of aromatic nitrogens is 4. The van der Waals surface area contributed by atoms with Crippen molar-refractivity contribution in [3.05, 3.63) is 248 Å². The van der Waals surface area contributed by atoms with E-state index in [9.17, 15) is 0 Å². The van der Waals surface area contributed by atoms with Crippen molar-refractivity contribution in [2.45, 2.75) is 38.9 Å². The lowest BCUT2D eigenvalue weighted by Crippen LogP contribution is -2.41. The molecule has 1 aliphatic heterocycles. The molecule has 0 unspecified atom stereocenters. The minimum Gasteiger partial charge on any atom is -0.399 e. The molecule has 0 atom stereocenters. The Labute approximate surface area is 441 Å². The van der Waals surface area contributed by atoms with Crippen molar-refractivity contribution in [2.75, 3.05) is 0 Å². The number of rotatable bonds is 6. The normalized spacial score (nSPS) is 13.6. The van der Waals surface area contributed by atoms with Crippen LogP contribution in [0.5, 0.6) is 0 Å². The van der Waals surface area contributed by atoms with Gasteiger partial charge in [0.2, 0.25) is 0 Å². The molecular weight excluding hydrogens is 971 g/mol. The Morgan fingerprint density at radius 1 is 0.311 bits per heavy atom. The van der Waals surface area contributed by atoms with Crippen LogP contribution in [-0.4, -0.2) is 38.3 Å². The quantitative estimate of drug-likeness (QED) is 0.122. The second-order valence-electron chi connectivity index (χ2n) is 19.3. The molecular formula is C66H52BBrN4O2. The monoisotopic (exact) mass is 1020 g/mol. The number of benzene rings is 10. The molecule has 1 fully saturated rings. The van der Waals surface area contributed by atoms with E-state index in [1.807, 2.05) is 36.4 Å².